The maximum Gasteiger partial charge on any atom is 0.216 e. The van der Waals surface area contributed by atoms with Gasteiger partial charge in [0.15, 0.2) is 5.17 Å². The van der Waals surface area contributed by atoms with Gasteiger partial charge in [-0.2, -0.15) is 4.39 Å². The molecule has 0 aliphatic heterocycles. The third-order valence-electron chi connectivity index (χ3n) is 4.38. The number of hydrogen-bond donors (Lipinski definition) is 1. The van der Waals surface area contributed by atoms with Crippen LogP contribution in [0, 0.1) is 11.8 Å². The summed E-state index contributed by atoms with van der Waals surface area (Å²) < 4.78 is 28.2. The van der Waals surface area contributed by atoms with Crippen molar-refractivity contribution in [1.82, 2.24) is 4.98 Å². The third kappa shape index (κ3) is 4.13. The molecule has 0 saturated carbocycles. The molecular formula is C18H17Cl2F2N3S. The Morgan fingerprint density at radius 3 is 2.77 bits per heavy atom. The Kier molecular flexibility index (Phi) is 6.05. The van der Waals surface area contributed by atoms with Crippen LogP contribution in [0.2, 0.25) is 10.0 Å². The summed E-state index contributed by atoms with van der Waals surface area (Å²) in [5.41, 5.74) is 1.80. The van der Waals surface area contributed by atoms with Crippen molar-refractivity contribution in [3.8, 4) is 0 Å². The Labute approximate surface area is 165 Å². The average Bonchev–Trinajstić information content (AvgIpc) is 2.60. The van der Waals surface area contributed by atoms with Crippen LogP contribution in [0.1, 0.15) is 30.4 Å². The van der Waals surface area contributed by atoms with Gasteiger partial charge < -0.3 is 5.32 Å². The second-order valence-electron chi connectivity index (χ2n) is 6.17. The number of aliphatic imine (C=N–C) groups is 1. The smallest absolute Gasteiger partial charge is 0.216 e. The van der Waals surface area contributed by atoms with E-state index in [1.807, 2.05) is 19.2 Å². The molecule has 1 aliphatic carbocycles. The molecule has 0 spiro atoms. The summed E-state index contributed by atoms with van der Waals surface area (Å²) in [6.07, 6.45) is 4.58. The van der Waals surface area contributed by atoms with Crippen molar-refractivity contribution in [2.75, 3.05) is 11.6 Å². The fourth-order valence-corrected chi connectivity index (χ4v) is 3.91. The topological polar surface area (TPSA) is 37.3 Å². The Bertz CT molecular complexity index is 861. The van der Waals surface area contributed by atoms with E-state index in [9.17, 15) is 8.78 Å². The molecule has 0 fully saturated rings. The van der Waals surface area contributed by atoms with Crippen LogP contribution in [-0.4, -0.2) is 22.4 Å². The number of nitrogens with one attached hydrogen (secondary N) is 1. The Hall–Kier alpha value is -1.37. The molecule has 1 heterocycles. The predicted molar refractivity (Wildman–Crippen MR) is 106 cm³/mol. The molecule has 1 aliphatic rings. The lowest BCUT2D eigenvalue weighted by Gasteiger charge is -2.27. The van der Waals surface area contributed by atoms with Crippen LogP contribution in [0.3, 0.4) is 0 Å². The van der Waals surface area contributed by atoms with Crippen molar-refractivity contribution in [2.24, 2.45) is 4.99 Å². The van der Waals surface area contributed by atoms with E-state index in [1.165, 1.54) is 24.0 Å². The normalized spacial score (nSPS) is 20.0. The number of pyridine rings is 1. The highest BCUT2D eigenvalue weighted by Gasteiger charge is 2.27. The molecule has 0 saturated heterocycles. The molecule has 1 N–H and O–H groups in total. The van der Waals surface area contributed by atoms with Crippen LogP contribution in [0.4, 0.5) is 14.5 Å². The lowest BCUT2D eigenvalue weighted by Crippen LogP contribution is -2.24. The zero-order valence-corrected chi connectivity index (χ0v) is 16.5. The van der Waals surface area contributed by atoms with Gasteiger partial charge in [0.05, 0.1) is 21.8 Å². The van der Waals surface area contributed by atoms with E-state index >= 15 is 0 Å². The maximum absolute atomic E-state index is 14.1. The highest BCUT2D eigenvalue weighted by atomic mass is 35.5. The minimum atomic E-state index is -0.515. The number of thioether (sulfide) groups is 1. The predicted octanol–water partition coefficient (Wildman–Crippen LogP) is 5.92. The van der Waals surface area contributed by atoms with Gasteiger partial charge in [0.25, 0.3) is 0 Å². The molecular weight excluding hydrogens is 399 g/mol. The summed E-state index contributed by atoms with van der Waals surface area (Å²) in [5.74, 6) is -0.781. The van der Waals surface area contributed by atoms with Gasteiger partial charge in [-0.15, -0.1) is 0 Å². The molecule has 0 radical (unpaired) electrons. The van der Waals surface area contributed by atoms with Gasteiger partial charge in [0.2, 0.25) is 5.95 Å². The SMILES string of the molecule is CSC(=NC1Cc2c(ccnc2F)C(C)C1)Nc1cc(Cl)c(Cl)cc1F. The maximum atomic E-state index is 14.1. The minimum Gasteiger partial charge on any atom is -0.333 e. The third-order valence-corrected chi connectivity index (χ3v) is 5.70. The van der Waals surface area contributed by atoms with Gasteiger partial charge in [-0.25, -0.2) is 9.37 Å². The van der Waals surface area contributed by atoms with Gasteiger partial charge in [-0.05, 0) is 48.8 Å². The van der Waals surface area contributed by atoms with Crippen LogP contribution in [0.25, 0.3) is 0 Å². The van der Waals surface area contributed by atoms with Crippen LogP contribution >= 0.6 is 35.0 Å². The molecule has 26 heavy (non-hydrogen) atoms. The van der Waals surface area contributed by atoms with Crippen molar-refractivity contribution in [2.45, 2.75) is 31.7 Å². The van der Waals surface area contributed by atoms with Crippen molar-refractivity contribution < 1.29 is 8.78 Å². The summed E-state index contributed by atoms with van der Waals surface area (Å²) in [6.45, 7) is 2.05. The van der Waals surface area contributed by atoms with Gasteiger partial charge in [-0.1, -0.05) is 41.9 Å². The number of anilines is 1. The second-order valence-corrected chi connectivity index (χ2v) is 7.78. The van der Waals surface area contributed by atoms with Gasteiger partial charge in [-0.3, -0.25) is 4.99 Å². The van der Waals surface area contributed by atoms with E-state index in [4.69, 9.17) is 23.2 Å². The first kappa shape index (κ1) is 19.4. The lowest BCUT2D eigenvalue weighted by atomic mass is 9.82. The molecule has 138 valence electrons. The van der Waals surface area contributed by atoms with Crippen molar-refractivity contribution >= 4 is 45.8 Å². The minimum absolute atomic E-state index is 0.114. The molecule has 2 atom stereocenters. The molecule has 0 bridgehead atoms. The summed E-state index contributed by atoms with van der Waals surface area (Å²) in [5, 5.41) is 3.89. The number of nitrogens with zero attached hydrogens (tertiary/aromatic N) is 2. The van der Waals surface area contributed by atoms with E-state index in [0.29, 0.717) is 17.2 Å². The molecule has 8 heteroatoms. The standard InChI is InChI=1S/C18H17Cl2F2N3S/c1-9-5-10(6-12-11(9)3-4-23-17(12)22)24-18(26-2)25-16-8-14(20)13(19)7-15(16)21/h3-4,7-10H,5-6H2,1-2H3,(H,24,25). The van der Waals surface area contributed by atoms with Gasteiger partial charge in [0, 0.05) is 11.8 Å². The van der Waals surface area contributed by atoms with Crippen LogP contribution in [0.5, 0.6) is 0 Å². The largest absolute Gasteiger partial charge is 0.333 e. The Morgan fingerprint density at radius 1 is 1.31 bits per heavy atom. The molecule has 1 aromatic carbocycles. The summed E-state index contributed by atoms with van der Waals surface area (Å²) in [6, 6.07) is 4.33. The number of benzene rings is 1. The molecule has 2 aromatic rings. The zero-order chi connectivity index (χ0) is 18.8. The van der Waals surface area contributed by atoms with Crippen molar-refractivity contribution in [3.63, 3.8) is 0 Å². The highest BCUT2D eigenvalue weighted by Crippen LogP contribution is 2.34. The first-order valence-electron chi connectivity index (χ1n) is 8.05. The summed E-state index contributed by atoms with van der Waals surface area (Å²) >= 11 is 13.1. The Morgan fingerprint density at radius 2 is 2.04 bits per heavy atom. The highest BCUT2D eigenvalue weighted by molar-refractivity contribution is 8.13. The van der Waals surface area contributed by atoms with Crippen molar-refractivity contribution in [1.29, 1.82) is 0 Å². The number of amidine groups is 1. The summed E-state index contributed by atoms with van der Waals surface area (Å²) in [7, 11) is 0. The van der Waals surface area contributed by atoms with Gasteiger partial charge >= 0.3 is 0 Å². The van der Waals surface area contributed by atoms with Crippen LogP contribution in [-0.2, 0) is 6.42 Å². The molecule has 1 aromatic heterocycles. The number of halogens is 4. The van der Waals surface area contributed by atoms with E-state index in [1.54, 1.807) is 0 Å². The number of fused-ring (bicyclic) bond motifs is 1. The number of aromatic nitrogens is 1. The molecule has 0 amide bonds. The molecule has 3 nitrogen and oxygen atoms in total. The monoisotopic (exact) mass is 415 g/mol. The average molecular weight is 416 g/mol. The van der Waals surface area contributed by atoms with E-state index in [2.05, 4.69) is 15.3 Å². The molecule has 3 rings (SSSR count). The fraction of sp³-hybridized carbons (Fsp3) is 0.333. The first-order valence-corrected chi connectivity index (χ1v) is 10.0. The lowest BCUT2D eigenvalue weighted by molar-refractivity contribution is 0.478. The fourth-order valence-electron chi connectivity index (χ4n) is 3.13. The number of hydrogen-bond acceptors (Lipinski definition) is 3. The molecule has 2 unspecified atom stereocenters. The van der Waals surface area contributed by atoms with Crippen LogP contribution < -0.4 is 5.32 Å². The van der Waals surface area contributed by atoms with Crippen LogP contribution in [0.15, 0.2) is 29.4 Å². The summed E-state index contributed by atoms with van der Waals surface area (Å²) in [4.78, 5) is 8.41. The number of rotatable bonds is 2. The second kappa shape index (κ2) is 8.11. The van der Waals surface area contributed by atoms with E-state index in [-0.39, 0.29) is 27.7 Å². The van der Waals surface area contributed by atoms with E-state index in [0.717, 1.165) is 18.1 Å². The zero-order valence-electron chi connectivity index (χ0n) is 14.2. The van der Waals surface area contributed by atoms with Crippen molar-refractivity contribution in [3.05, 3.63) is 57.3 Å². The van der Waals surface area contributed by atoms with E-state index < -0.39 is 11.8 Å². The Balaban J connectivity index is 1.84. The quantitative estimate of drug-likeness (QED) is 0.286. The first-order chi connectivity index (χ1) is 12.4. The van der Waals surface area contributed by atoms with Gasteiger partial charge in [0.1, 0.15) is 5.82 Å².